The van der Waals surface area contributed by atoms with Crippen molar-refractivity contribution in [2.45, 2.75) is 52.1 Å². The molecule has 0 amide bonds. The van der Waals surface area contributed by atoms with E-state index in [1.807, 2.05) is 0 Å². The summed E-state index contributed by atoms with van der Waals surface area (Å²) in [6, 6.07) is 7.58. The van der Waals surface area contributed by atoms with Crippen LogP contribution >= 0.6 is 0 Å². The van der Waals surface area contributed by atoms with Crippen LogP contribution in [0.1, 0.15) is 39.7 Å². The van der Waals surface area contributed by atoms with Crippen molar-refractivity contribution in [2.75, 3.05) is 36.4 Å². The van der Waals surface area contributed by atoms with Gasteiger partial charge in [-0.2, -0.15) is 0 Å². The highest BCUT2D eigenvalue weighted by atomic mass is 15.3. The van der Waals surface area contributed by atoms with Crippen molar-refractivity contribution >= 4 is 11.4 Å². The van der Waals surface area contributed by atoms with E-state index in [4.69, 9.17) is 0 Å². The van der Waals surface area contributed by atoms with E-state index in [1.54, 1.807) is 0 Å². The molecule has 0 bridgehead atoms. The number of benzene rings is 1. The molecule has 0 saturated carbocycles. The average Bonchev–Trinajstić information content (AvgIpc) is 2.46. The molecule has 1 N–H and O–H groups in total. The van der Waals surface area contributed by atoms with Gasteiger partial charge in [-0.3, -0.25) is 4.90 Å². The van der Waals surface area contributed by atoms with Crippen LogP contribution in [0.15, 0.2) is 18.2 Å². The van der Waals surface area contributed by atoms with Crippen molar-refractivity contribution in [1.82, 2.24) is 4.90 Å². The molecule has 1 unspecified atom stereocenters. The summed E-state index contributed by atoms with van der Waals surface area (Å²) in [7, 11) is 0. The van der Waals surface area contributed by atoms with Crippen molar-refractivity contribution in [3.63, 3.8) is 0 Å². The number of anilines is 2. The van der Waals surface area contributed by atoms with Crippen molar-refractivity contribution in [2.24, 2.45) is 0 Å². The zero-order valence-corrected chi connectivity index (χ0v) is 13.9. The minimum atomic E-state index is 0.294. The quantitative estimate of drug-likeness (QED) is 0.854. The molecule has 2 heterocycles. The molecule has 3 rings (SSSR count). The van der Waals surface area contributed by atoms with Crippen LogP contribution in [0.25, 0.3) is 0 Å². The minimum Gasteiger partial charge on any atom is -0.382 e. The van der Waals surface area contributed by atoms with Crippen molar-refractivity contribution in [3.8, 4) is 0 Å². The third kappa shape index (κ3) is 3.18. The van der Waals surface area contributed by atoms with Gasteiger partial charge in [-0.05, 0) is 64.3 Å². The summed E-state index contributed by atoms with van der Waals surface area (Å²) in [5.41, 5.74) is 4.52. The average molecular weight is 287 g/mol. The molecule has 2 aliphatic rings. The van der Waals surface area contributed by atoms with Crippen molar-refractivity contribution in [3.05, 3.63) is 23.8 Å². The van der Waals surface area contributed by atoms with E-state index in [0.717, 1.165) is 26.2 Å². The molecule has 1 atom stereocenters. The lowest BCUT2D eigenvalue weighted by Gasteiger charge is -2.43. The summed E-state index contributed by atoms with van der Waals surface area (Å²) in [6.07, 6.45) is 2.45. The fraction of sp³-hybridized carbons (Fsp3) is 0.667. The lowest BCUT2D eigenvalue weighted by molar-refractivity contribution is 0.128. The minimum absolute atomic E-state index is 0.294. The summed E-state index contributed by atoms with van der Waals surface area (Å²) in [6.45, 7) is 13.8. The second-order valence-electron chi connectivity index (χ2n) is 7.57. The smallest absolute Gasteiger partial charge is 0.0376 e. The summed E-state index contributed by atoms with van der Waals surface area (Å²) in [4.78, 5) is 5.13. The van der Waals surface area contributed by atoms with Gasteiger partial charge in [0.05, 0.1) is 0 Å². The molecule has 1 aromatic carbocycles. The summed E-state index contributed by atoms with van der Waals surface area (Å²) < 4.78 is 0. The van der Waals surface area contributed by atoms with Gasteiger partial charge in [0.2, 0.25) is 0 Å². The number of hydrogen-bond donors (Lipinski definition) is 1. The Morgan fingerprint density at radius 1 is 1.10 bits per heavy atom. The standard InChI is InChI=1S/C18H29N3/c1-14-5-6-15-13-16(7-8-17(15)19-14)20-9-11-21(12-10-20)18(2,3)4/h7-8,13-14,19H,5-6,9-12H2,1-4H3. The van der Waals surface area contributed by atoms with Crippen LogP contribution in [0.3, 0.4) is 0 Å². The lowest BCUT2D eigenvalue weighted by Crippen LogP contribution is -2.53. The van der Waals surface area contributed by atoms with Crippen LogP contribution in [0, 0.1) is 0 Å². The molecule has 1 fully saturated rings. The summed E-state index contributed by atoms with van der Waals surface area (Å²) >= 11 is 0. The fourth-order valence-electron chi connectivity index (χ4n) is 3.47. The Labute approximate surface area is 129 Å². The Balaban J connectivity index is 1.69. The monoisotopic (exact) mass is 287 g/mol. The molecular formula is C18H29N3. The SMILES string of the molecule is CC1CCc2cc(N3CCN(C(C)(C)C)CC3)ccc2N1. The number of nitrogens with zero attached hydrogens (tertiary/aromatic N) is 2. The Morgan fingerprint density at radius 3 is 2.48 bits per heavy atom. The highest BCUT2D eigenvalue weighted by Gasteiger charge is 2.26. The maximum Gasteiger partial charge on any atom is 0.0376 e. The van der Waals surface area contributed by atoms with E-state index in [-0.39, 0.29) is 0 Å². The second-order valence-corrected chi connectivity index (χ2v) is 7.57. The predicted octanol–water partition coefficient (Wildman–Crippen LogP) is 3.35. The summed E-state index contributed by atoms with van der Waals surface area (Å²) in [5.74, 6) is 0. The van der Waals surface area contributed by atoms with Crippen LogP contribution in [0.2, 0.25) is 0 Å². The van der Waals surface area contributed by atoms with Gasteiger partial charge in [-0.25, -0.2) is 0 Å². The Bertz CT molecular complexity index is 496. The van der Waals surface area contributed by atoms with E-state index in [1.165, 1.54) is 29.8 Å². The molecule has 1 saturated heterocycles. The first-order chi connectivity index (χ1) is 9.93. The van der Waals surface area contributed by atoms with Gasteiger partial charge in [-0.15, -0.1) is 0 Å². The maximum absolute atomic E-state index is 3.59. The Morgan fingerprint density at radius 2 is 1.81 bits per heavy atom. The van der Waals surface area contributed by atoms with Gasteiger partial charge in [0, 0.05) is 49.1 Å². The van der Waals surface area contributed by atoms with Gasteiger partial charge >= 0.3 is 0 Å². The third-order valence-corrected chi connectivity index (χ3v) is 4.93. The van der Waals surface area contributed by atoms with Crippen LogP contribution in [-0.4, -0.2) is 42.7 Å². The van der Waals surface area contributed by atoms with Crippen molar-refractivity contribution in [1.29, 1.82) is 0 Å². The summed E-state index contributed by atoms with van der Waals surface area (Å²) in [5, 5.41) is 3.59. The Hall–Kier alpha value is -1.22. The number of aryl methyl sites for hydroxylation is 1. The van der Waals surface area contributed by atoms with E-state index >= 15 is 0 Å². The second kappa shape index (κ2) is 5.53. The molecular weight excluding hydrogens is 258 g/mol. The first-order valence-electron chi connectivity index (χ1n) is 8.33. The first kappa shape index (κ1) is 14.7. The predicted molar refractivity (Wildman–Crippen MR) is 91.4 cm³/mol. The molecule has 2 aliphatic heterocycles. The lowest BCUT2D eigenvalue weighted by atomic mass is 9.98. The van der Waals surface area contributed by atoms with E-state index < -0.39 is 0 Å². The zero-order valence-electron chi connectivity index (χ0n) is 13.9. The molecule has 0 radical (unpaired) electrons. The van der Waals surface area contributed by atoms with Crippen LogP contribution in [0.4, 0.5) is 11.4 Å². The molecule has 0 aromatic heterocycles. The van der Waals surface area contributed by atoms with Gasteiger partial charge in [0.15, 0.2) is 0 Å². The topological polar surface area (TPSA) is 18.5 Å². The highest BCUT2D eigenvalue weighted by Crippen LogP contribution is 2.30. The van der Waals surface area contributed by atoms with Gasteiger partial charge < -0.3 is 10.2 Å². The maximum atomic E-state index is 3.59. The van der Waals surface area contributed by atoms with Crippen LogP contribution < -0.4 is 10.2 Å². The zero-order chi connectivity index (χ0) is 15.0. The number of piperazine rings is 1. The van der Waals surface area contributed by atoms with Gasteiger partial charge in [0.25, 0.3) is 0 Å². The molecule has 0 spiro atoms. The number of fused-ring (bicyclic) bond motifs is 1. The Kier molecular flexibility index (Phi) is 3.87. The first-order valence-corrected chi connectivity index (χ1v) is 8.33. The number of hydrogen-bond acceptors (Lipinski definition) is 3. The van der Waals surface area contributed by atoms with Gasteiger partial charge in [0.1, 0.15) is 0 Å². The number of rotatable bonds is 1. The molecule has 0 aliphatic carbocycles. The molecule has 116 valence electrons. The molecule has 1 aromatic rings. The highest BCUT2D eigenvalue weighted by molar-refractivity contribution is 5.62. The van der Waals surface area contributed by atoms with E-state index in [9.17, 15) is 0 Å². The molecule has 3 heteroatoms. The normalized spacial score (nSPS) is 23.6. The van der Waals surface area contributed by atoms with Crippen LogP contribution in [0.5, 0.6) is 0 Å². The molecule has 21 heavy (non-hydrogen) atoms. The van der Waals surface area contributed by atoms with Crippen molar-refractivity contribution < 1.29 is 0 Å². The van der Waals surface area contributed by atoms with Crippen LogP contribution in [-0.2, 0) is 6.42 Å². The van der Waals surface area contributed by atoms with Gasteiger partial charge in [-0.1, -0.05) is 0 Å². The fourth-order valence-corrected chi connectivity index (χ4v) is 3.47. The largest absolute Gasteiger partial charge is 0.382 e. The molecule has 3 nitrogen and oxygen atoms in total. The third-order valence-electron chi connectivity index (χ3n) is 4.93. The number of nitrogens with one attached hydrogen (secondary N) is 1. The van der Waals surface area contributed by atoms with E-state index in [0.29, 0.717) is 11.6 Å². The van der Waals surface area contributed by atoms with E-state index in [2.05, 4.69) is 61.0 Å².